The summed E-state index contributed by atoms with van der Waals surface area (Å²) in [5.74, 6) is -3.26. The first-order valence-electron chi connectivity index (χ1n) is 27.2. The van der Waals surface area contributed by atoms with Crippen LogP contribution in [0.2, 0.25) is 0 Å². The number of nitrogens with two attached hydrogens (primary N) is 1. The first kappa shape index (κ1) is 58.3. The quantitative estimate of drug-likeness (QED) is 0.0434. The lowest BCUT2D eigenvalue weighted by Crippen LogP contribution is -2.61. The fourth-order valence-corrected chi connectivity index (χ4v) is 13.1. The third kappa shape index (κ3) is 13.4. The summed E-state index contributed by atoms with van der Waals surface area (Å²) in [4.78, 5) is 145. The number of aromatic amines is 1. The Hall–Kier alpha value is -7.31. The summed E-state index contributed by atoms with van der Waals surface area (Å²) in [5, 5.41) is 11.0. The smallest absolute Gasteiger partial charge is 0.370 e. The van der Waals surface area contributed by atoms with Gasteiger partial charge in [-0.15, -0.1) is 0 Å². The molecule has 1 saturated carbocycles. The van der Waals surface area contributed by atoms with E-state index in [9.17, 15) is 61.1 Å². The van der Waals surface area contributed by atoms with E-state index in [-0.39, 0.29) is 72.9 Å². The second kappa shape index (κ2) is 24.0. The van der Waals surface area contributed by atoms with Crippen molar-refractivity contribution in [2.75, 3.05) is 25.9 Å². The van der Waals surface area contributed by atoms with E-state index in [1.165, 1.54) is 45.9 Å². The van der Waals surface area contributed by atoms with Crippen LogP contribution < -0.4 is 32.7 Å². The van der Waals surface area contributed by atoms with Gasteiger partial charge in [0.05, 0.1) is 15.9 Å². The van der Waals surface area contributed by atoms with Crippen molar-refractivity contribution < 1.29 is 61.1 Å². The van der Waals surface area contributed by atoms with Gasteiger partial charge in [0.15, 0.2) is 9.84 Å². The molecule has 1 unspecified atom stereocenters. The van der Waals surface area contributed by atoms with Gasteiger partial charge in [-0.05, 0) is 136 Å². The molecule has 7 amide bonds. The van der Waals surface area contributed by atoms with Crippen LogP contribution in [-0.2, 0) is 63.2 Å². The van der Waals surface area contributed by atoms with E-state index in [4.69, 9.17) is 5.73 Å². The standard InChI is InChI=1S/C55H67N10O14PS/c1-62-46-26-34(9-16-43(46)65(55(62)74)45-18-20-48(67)61-52(45)71)25-32-5-3-31(4-6-32)21-23-63-24-22-37-11-17-44(51(70)59-40(15-19-47(56)66)49(68)57-29-33-7-12-38(13-8-33)81(2,78)79)64(37)53(72)42(30-63)60-50(69)41-28-36-27-35(10-14-39(36)58-41)54(73)80(75,76)77/h7-10,12-14,16,26-28,31-32,37,40,42,44-45,58H,3-6,11,15,17-25,29-30H2,1-2H3,(H2,56,66)(H,57,68)(H,59,70)(H,60,69)(H,61,67,71)(H2,75,76,77)/t31-,32+,37-,40+,42+,44+,45?/m1/s1. The molecule has 4 fully saturated rings. The van der Waals surface area contributed by atoms with Crippen molar-refractivity contribution >= 4 is 86.2 Å². The molecule has 4 aliphatic rings. The molecular formula is C55H67N10O14PS. The zero-order valence-corrected chi connectivity index (χ0v) is 46.6. The Balaban J connectivity index is 0.874. The summed E-state index contributed by atoms with van der Waals surface area (Å²) >= 11 is 0. The number of fused-ring (bicyclic) bond motifs is 3. The van der Waals surface area contributed by atoms with Crippen LogP contribution in [0.5, 0.6) is 0 Å². The molecule has 0 spiro atoms. The van der Waals surface area contributed by atoms with E-state index < -0.39 is 88.6 Å². The van der Waals surface area contributed by atoms with E-state index in [1.54, 1.807) is 23.7 Å². The number of amides is 7. The highest BCUT2D eigenvalue weighted by molar-refractivity contribution is 7.90. The monoisotopic (exact) mass is 1150 g/mol. The number of H-pyrrole nitrogens is 1. The summed E-state index contributed by atoms with van der Waals surface area (Å²) in [6.07, 6.45) is 7.79. The van der Waals surface area contributed by atoms with Gasteiger partial charge >= 0.3 is 13.3 Å². The lowest BCUT2D eigenvalue weighted by Gasteiger charge is -2.39. The molecular weight excluding hydrogens is 1090 g/mol. The molecule has 5 aromatic rings. The van der Waals surface area contributed by atoms with Crippen molar-refractivity contribution in [2.45, 2.75) is 125 Å². The van der Waals surface area contributed by atoms with Gasteiger partial charge in [-0.3, -0.25) is 57.4 Å². The number of sulfone groups is 1. The second-order valence-electron chi connectivity index (χ2n) is 22.0. The van der Waals surface area contributed by atoms with Crippen molar-refractivity contribution in [3.05, 3.63) is 99.6 Å². The maximum absolute atomic E-state index is 15.0. The lowest BCUT2D eigenvalue weighted by atomic mass is 9.78. The van der Waals surface area contributed by atoms with Gasteiger partial charge in [0.2, 0.25) is 35.4 Å². The SMILES string of the molecule is Cn1c(=O)n(C2CCC(=O)NC2=O)c2ccc(C[C@H]3CC[C@@H](CCN4CC[C@H]5CC[C@@H](C(=O)N[C@@H](CCC(N)=O)C(=O)NCc6ccc(S(C)(=O)=O)cc6)N5C(=O)[C@@H](NC(=O)c5cc6cc(C(=O)P(=O)(O)O)ccc6[nH]5)C4)CC3)cc21. The van der Waals surface area contributed by atoms with Crippen LogP contribution >= 0.6 is 7.60 Å². The predicted molar refractivity (Wildman–Crippen MR) is 295 cm³/mol. The molecule has 24 nitrogen and oxygen atoms in total. The third-order valence-corrected chi connectivity index (χ3v) is 18.3. The number of carbonyl (C=O) groups is 8. The molecule has 432 valence electrons. The third-order valence-electron chi connectivity index (χ3n) is 16.4. The van der Waals surface area contributed by atoms with Crippen LogP contribution in [-0.4, -0.2) is 139 Å². The van der Waals surface area contributed by atoms with E-state index in [1.807, 2.05) is 18.2 Å². The molecule has 0 radical (unpaired) electrons. The van der Waals surface area contributed by atoms with Gasteiger partial charge in [0, 0.05) is 68.3 Å². The van der Waals surface area contributed by atoms with Crippen molar-refractivity contribution in [1.82, 2.24) is 45.2 Å². The fourth-order valence-electron chi connectivity index (χ4n) is 12.0. The molecule has 5 atom stereocenters. The summed E-state index contributed by atoms with van der Waals surface area (Å²) in [6, 6.07) is 12.4. The number of carbonyl (C=O) groups excluding carboxylic acids is 8. The topological polar surface area (TPSA) is 352 Å². The van der Waals surface area contributed by atoms with Crippen molar-refractivity contribution in [3.8, 4) is 0 Å². The molecule has 3 aromatic carbocycles. The Bertz CT molecular complexity index is 3540. The Labute approximate surface area is 466 Å². The van der Waals surface area contributed by atoms with Crippen LogP contribution in [0.4, 0.5) is 0 Å². The zero-order valence-electron chi connectivity index (χ0n) is 44.9. The Morgan fingerprint density at radius 2 is 1.57 bits per heavy atom. The number of hydrogen-bond donors (Lipinski definition) is 8. The minimum Gasteiger partial charge on any atom is -0.370 e. The van der Waals surface area contributed by atoms with Crippen LogP contribution in [0.15, 0.2) is 76.4 Å². The van der Waals surface area contributed by atoms with Crippen LogP contribution in [0.1, 0.15) is 115 Å². The van der Waals surface area contributed by atoms with Crippen molar-refractivity contribution in [3.63, 3.8) is 0 Å². The van der Waals surface area contributed by atoms with Gasteiger partial charge < -0.3 is 46.3 Å². The maximum Gasteiger partial charge on any atom is 0.396 e. The normalized spacial score (nSPS) is 22.4. The predicted octanol–water partition coefficient (Wildman–Crippen LogP) is 2.19. The number of nitrogens with one attached hydrogen (secondary N) is 5. The molecule has 3 aliphatic heterocycles. The number of imidazole rings is 1. The number of benzene rings is 3. The molecule has 26 heteroatoms. The number of primary amides is 1. The first-order chi connectivity index (χ1) is 38.4. The number of rotatable bonds is 19. The number of imide groups is 1. The van der Waals surface area contributed by atoms with Gasteiger partial charge in [-0.2, -0.15) is 0 Å². The number of piperidine rings is 1. The van der Waals surface area contributed by atoms with E-state index >= 15 is 4.79 Å². The van der Waals surface area contributed by atoms with Crippen molar-refractivity contribution in [2.24, 2.45) is 24.6 Å². The molecule has 2 aromatic heterocycles. The zero-order chi connectivity index (χ0) is 58.1. The minimum absolute atomic E-state index is 0.000420. The van der Waals surface area contributed by atoms with Crippen LogP contribution in [0.3, 0.4) is 0 Å². The lowest BCUT2D eigenvalue weighted by molar-refractivity contribution is -0.144. The summed E-state index contributed by atoms with van der Waals surface area (Å²) < 4.78 is 38.7. The molecule has 3 saturated heterocycles. The molecule has 9 N–H and O–H groups in total. The summed E-state index contributed by atoms with van der Waals surface area (Å²) in [7, 11) is -6.89. The Morgan fingerprint density at radius 1 is 0.852 bits per heavy atom. The minimum atomic E-state index is -5.11. The molecule has 81 heavy (non-hydrogen) atoms. The molecule has 5 heterocycles. The fraction of sp³-hybridized carbons (Fsp3) is 0.473. The number of aryl methyl sites for hydroxylation is 1. The second-order valence-corrected chi connectivity index (χ2v) is 25.5. The van der Waals surface area contributed by atoms with Crippen molar-refractivity contribution in [1.29, 1.82) is 0 Å². The first-order valence-corrected chi connectivity index (χ1v) is 30.7. The molecule has 1 aliphatic carbocycles. The van der Waals surface area contributed by atoms with E-state index in [2.05, 4.69) is 31.2 Å². The van der Waals surface area contributed by atoms with E-state index in [0.717, 1.165) is 50.3 Å². The van der Waals surface area contributed by atoms with Crippen LogP contribution in [0, 0.1) is 11.8 Å². The number of hydrogen-bond acceptors (Lipinski definition) is 13. The summed E-state index contributed by atoms with van der Waals surface area (Å²) in [5.41, 5.74) is 6.89. The Morgan fingerprint density at radius 3 is 2.26 bits per heavy atom. The van der Waals surface area contributed by atoms with Crippen LogP contribution in [0.25, 0.3) is 21.9 Å². The molecule has 0 bridgehead atoms. The largest absolute Gasteiger partial charge is 0.396 e. The molecule has 9 rings (SSSR count). The average Bonchev–Trinajstić information content (AvgIpc) is 4.14. The average molecular weight is 1160 g/mol. The van der Waals surface area contributed by atoms with E-state index in [0.29, 0.717) is 65.3 Å². The van der Waals surface area contributed by atoms with Gasteiger partial charge in [-0.25, -0.2) is 13.2 Å². The maximum atomic E-state index is 15.0. The summed E-state index contributed by atoms with van der Waals surface area (Å²) in [6.45, 7) is 1.20. The highest BCUT2D eigenvalue weighted by Crippen LogP contribution is 2.40. The van der Waals surface area contributed by atoms with Gasteiger partial charge in [-0.1, -0.05) is 31.0 Å². The van der Waals surface area contributed by atoms with Gasteiger partial charge in [0.1, 0.15) is 29.9 Å². The highest BCUT2D eigenvalue weighted by atomic mass is 32.2. The highest BCUT2D eigenvalue weighted by Gasteiger charge is 2.46. The van der Waals surface area contributed by atoms with Gasteiger partial charge in [0.25, 0.3) is 11.4 Å². The number of aromatic nitrogens is 3. The number of nitrogens with zero attached hydrogens (tertiary/aromatic N) is 4. The Kier molecular flexibility index (Phi) is 17.3.